The number of aromatic nitrogens is 1. The first-order valence-corrected chi connectivity index (χ1v) is 6.00. The summed E-state index contributed by atoms with van der Waals surface area (Å²) in [5.41, 5.74) is 2.18. The van der Waals surface area contributed by atoms with Crippen molar-refractivity contribution in [3.8, 4) is 5.75 Å². The fourth-order valence-electron chi connectivity index (χ4n) is 2.00. The van der Waals surface area contributed by atoms with Gasteiger partial charge in [0, 0.05) is 30.6 Å². The van der Waals surface area contributed by atoms with Gasteiger partial charge in [0.05, 0.1) is 0 Å². The van der Waals surface area contributed by atoms with Crippen molar-refractivity contribution in [2.45, 2.75) is 13.3 Å². The summed E-state index contributed by atoms with van der Waals surface area (Å²) in [6.45, 7) is 2.38. The number of rotatable bonds is 4. The second-order valence-electron chi connectivity index (χ2n) is 4.64. The highest BCUT2D eigenvalue weighted by molar-refractivity contribution is 5.91. The second-order valence-corrected chi connectivity index (χ2v) is 4.64. The largest absolute Gasteiger partial charge is 0.426 e. The Morgan fingerprint density at radius 3 is 2.83 bits per heavy atom. The molecule has 96 valence electrons. The zero-order valence-corrected chi connectivity index (χ0v) is 11.0. The van der Waals surface area contributed by atoms with E-state index in [0.29, 0.717) is 5.75 Å². The summed E-state index contributed by atoms with van der Waals surface area (Å²) in [5, 5.41) is 1.01. The van der Waals surface area contributed by atoms with Crippen molar-refractivity contribution >= 4 is 16.9 Å². The number of ether oxygens (including phenoxy) is 1. The maximum atomic E-state index is 11.1. The van der Waals surface area contributed by atoms with Crippen molar-refractivity contribution in [3.05, 3.63) is 30.0 Å². The first kappa shape index (κ1) is 12.6. The molecule has 1 N–H and O–H groups in total. The number of nitrogens with zero attached hydrogens (tertiary/aromatic N) is 1. The predicted molar refractivity (Wildman–Crippen MR) is 71.9 cm³/mol. The van der Waals surface area contributed by atoms with E-state index in [2.05, 4.69) is 9.88 Å². The van der Waals surface area contributed by atoms with Gasteiger partial charge in [-0.1, -0.05) is 6.07 Å². The van der Waals surface area contributed by atoms with Gasteiger partial charge in [-0.25, -0.2) is 0 Å². The molecule has 0 amide bonds. The quantitative estimate of drug-likeness (QED) is 0.664. The molecular weight excluding hydrogens is 228 g/mol. The lowest BCUT2D eigenvalue weighted by molar-refractivity contribution is -0.131. The van der Waals surface area contributed by atoms with E-state index in [-0.39, 0.29) is 5.97 Å². The third kappa shape index (κ3) is 2.71. The van der Waals surface area contributed by atoms with Gasteiger partial charge in [-0.05, 0) is 38.2 Å². The zero-order chi connectivity index (χ0) is 13.1. The highest BCUT2D eigenvalue weighted by atomic mass is 16.5. The van der Waals surface area contributed by atoms with Crippen LogP contribution in [0.1, 0.15) is 12.5 Å². The van der Waals surface area contributed by atoms with Crippen LogP contribution < -0.4 is 4.74 Å². The van der Waals surface area contributed by atoms with Crippen LogP contribution >= 0.6 is 0 Å². The molecule has 2 aromatic rings. The van der Waals surface area contributed by atoms with Crippen molar-refractivity contribution < 1.29 is 9.53 Å². The minimum atomic E-state index is -0.290. The summed E-state index contributed by atoms with van der Waals surface area (Å²) in [5.74, 6) is 0.345. The number of likely N-dealkylation sites (N-methyl/N-ethyl adjacent to an activating group) is 1. The highest BCUT2D eigenvalue weighted by Crippen LogP contribution is 2.29. The van der Waals surface area contributed by atoms with Gasteiger partial charge in [-0.3, -0.25) is 4.79 Å². The van der Waals surface area contributed by atoms with Gasteiger partial charge in [0.2, 0.25) is 0 Å². The molecule has 0 radical (unpaired) electrons. The molecule has 0 aliphatic carbocycles. The van der Waals surface area contributed by atoms with Crippen LogP contribution in [0, 0.1) is 0 Å². The summed E-state index contributed by atoms with van der Waals surface area (Å²) in [6, 6.07) is 5.70. The Bertz CT molecular complexity index is 558. The third-order valence-corrected chi connectivity index (χ3v) is 2.83. The molecule has 1 aromatic heterocycles. The highest BCUT2D eigenvalue weighted by Gasteiger charge is 2.11. The lowest BCUT2D eigenvalue weighted by Gasteiger charge is -2.09. The van der Waals surface area contributed by atoms with Gasteiger partial charge in [-0.15, -0.1) is 0 Å². The van der Waals surface area contributed by atoms with Crippen LogP contribution in [-0.2, 0) is 11.2 Å². The van der Waals surface area contributed by atoms with E-state index in [0.717, 1.165) is 23.9 Å². The lowest BCUT2D eigenvalue weighted by Crippen LogP contribution is -2.15. The van der Waals surface area contributed by atoms with Gasteiger partial charge < -0.3 is 14.6 Å². The molecule has 0 saturated carbocycles. The molecule has 0 atom stereocenters. The maximum Gasteiger partial charge on any atom is 0.308 e. The number of carbonyl (C=O) groups is 1. The average Bonchev–Trinajstić information content (AvgIpc) is 2.70. The second kappa shape index (κ2) is 5.23. The van der Waals surface area contributed by atoms with Crippen molar-refractivity contribution in [3.63, 3.8) is 0 Å². The topological polar surface area (TPSA) is 45.3 Å². The molecule has 2 rings (SSSR count). The number of hydrogen-bond donors (Lipinski definition) is 1. The average molecular weight is 246 g/mol. The van der Waals surface area contributed by atoms with Crippen LogP contribution in [0.3, 0.4) is 0 Å². The van der Waals surface area contributed by atoms with Crippen molar-refractivity contribution in [2.24, 2.45) is 0 Å². The lowest BCUT2D eigenvalue weighted by atomic mass is 10.1. The summed E-state index contributed by atoms with van der Waals surface area (Å²) >= 11 is 0. The molecule has 0 unspecified atom stereocenters. The Kier molecular flexibility index (Phi) is 3.67. The minimum Gasteiger partial charge on any atom is -0.426 e. The number of esters is 1. The summed E-state index contributed by atoms with van der Waals surface area (Å²) < 4.78 is 5.26. The number of H-pyrrole nitrogens is 1. The monoisotopic (exact) mass is 246 g/mol. The Balaban J connectivity index is 2.38. The van der Waals surface area contributed by atoms with Crippen molar-refractivity contribution in [1.82, 2.24) is 9.88 Å². The van der Waals surface area contributed by atoms with E-state index in [9.17, 15) is 4.79 Å². The van der Waals surface area contributed by atoms with Gasteiger partial charge >= 0.3 is 5.97 Å². The van der Waals surface area contributed by atoms with E-state index in [1.807, 2.05) is 38.5 Å². The molecule has 0 aliphatic rings. The number of nitrogens with one attached hydrogen (secondary N) is 1. The molecule has 0 aliphatic heterocycles. The molecule has 0 bridgehead atoms. The van der Waals surface area contributed by atoms with Crippen molar-refractivity contribution in [2.75, 3.05) is 20.6 Å². The molecule has 0 fully saturated rings. The Hall–Kier alpha value is -1.81. The first-order valence-electron chi connectivity index (χ1n) is 6.00. The number of fused-ring (bicyclic) bond motifs is 1. The van der Waals surface area contributed by atoms with Crippen molar-refractivity contribution in [1.29, 1.82) is 0 Å². The van der Waals surface area contributed by atoms with Crippen LogP contribution in [0.2, 0.25) is 0 Å². The van der Waals surface area contributed by atoms with Crippen LogP contribution in [-0.4, -0.2) is 36.5 Å². The van der Waals surface area contributed by atoms with Crippen LogP contribution in [0.4, 0.5) is 0 Å². The fourth-order valence-corrected chi connectivity index (χ4v) is 2.00. The molecule has 1 heterocycles. The minimum absolute atomic E-state index is 0.290. The van der Waals surface area contributed by atoms with Gasteiger partial charge in [0.1, 0.15) is 5.75 Å². The molecule has 4 heteroatoms. The van der Waals surface area contributed by atoms with Crippen LogP contribution in [0.15, 0.2) is 24.4 Å². The SMILES string of the molecule is CC(=O)Oc1cccc2[nH]cc(CCN(C)C)c12. The van der Waals surface area contributed by atoms with E-state index >= 15 is 0 Å². The van der Waals surface area contributed by atoms with Gasteiger partial charge in [0.25, 0.3) is 0 Å². The van der Waals surface area contributed by atoms with Gasteiger partial charge in [0.15, 0.2) is 0 Å². The molecule has 1 aromatic carbocycles. The van der Waals surface area contributed by atoms with Crippen LogP contribution in [0.25, 0.3) is 10.9 Å². The zero-order valence-electron chi connectivity index (χ0n) is 11.0. The summed E-state index contributed by atoms with van der Waals surface area (Å²) in [4.78, 5) is 16.5. The van der Waals surface area contributed by atoms with E-state index < -0.39 is 0 Å². The number of benzene rings is 1. The normalized spacial score (nSPS) is 11.1. The Morgan fingerprint density at radius 1 is 1.39 bits per heavy atom. The van der Waals surface area contributed by atoms with Gasteiger partial charge in [-0.2, -0.15) is 0 Å². The first-order chi connectivity index (χ1) is 8.58. The van der Waals surface area contributed by atoms with E-state index in [1.54, 1.807) is 0 Å². The Labute approximate surface area is 107 Å². The molecule has 0 saturated heterocycles. The predicted octanol–water partition coefficient (Wildman–Crippen LogP) is 2.20. The number of hydrogen-bond acceptors (Lipinski definition) is 3. The molecule has 0 spiro atoms. The number of carbonyl (C=O) groups excluding carboxylic acids is 1. The fraction of sp³-hybridized carbons (Fsp3) is 0.357. The molecule has 4 nitrogen and oxygen atoms in total. The smallest absolute Gasteiger partial charge is 0.308 e. The van der Waals surface area contributed by atoms with E-state index in [1.165, 1.54) is 12.5 Å². The molecule has 18 heavy (non-hydrogen) atoms. The Morgan fingerprint density at radius 2 is 2.17 bits per heavy atom. The number of aromatic amines is 1. The summed E-state index contributed by atoms with van der Waals surface area (Å²) in [7, 11) is 4.09. The third-order valence-electron chi connectivity index (χ3n) is 2.83. The maximum absolute atomic E-state index is 11.1. The summed E-state index contributed by atoms with van der Waals surface area (Å²) in [6.07, 6.45) is 2.91. The van der Waals surface area contributed by atoms with Crippen LogP contribution in [0.5, 0.6) is 5.75 Å². The van der Waals surface area contributed by atoms with E-state index in [4.69, 9.17) is 4.74 Å². The molecular formula is C14H18N2O2. The standard InChI is InChI=1S/C14H18N2O2/c1-10(17)18-13-6-4-5-12-14(13)11(9-15-12)7-8-16(2)3/h4-6,9,15H,7-8H2,1-3H3.